The zero-order valence-corrected chi connectivity index (χ0v) is 14.3. The van der Waals surface area contributed by atoms with Crippen LogP contribution in [0.3, 0.4) is 0 Å². The van der Waals surface area contributed by atoms with Crippen LogP contribution < -0.4 is 9.47 Å². The molecule has 0 N–H and O–H groups in total. The van der Waals surface area contributed by atoms with Crippen molar-refractivity contribution < 1.29 is 9.47 Å². The van der Waals surface area contributed by atoms with Crippen molar-refractivity contribution in [3.05, 3.63) is 59.2 Å². The molecule has 0 atom stereocenters. The van der Waals surface area contributed by atoms with Crippen LogP contribution in [-0.4, -0.2) is 14.2 Å². The third-order valence-electron chi connectivity index (χ3n) is 5.23. The zero-order valence-electron chi connectivity index (χ0n) is 14.3. The summed E-state index contributed by atoms with van der Waals surface area (Å²) in [4.78, 5) is 0. The summed E-state index contributed by atoms with van der Waals surface area (Å²) < 4.78 is 10.6. The quantitative estimate of drug-likeness (QED) is 0.747. The molecule has 2 heteroatoms. The van der Waals surface area contributed by atoms with Crippen LogP contribution in [0.1, 0.15) is 54.2 Å². The van der Waals surface area contributed by atoms with Crippen LogP contribution in [-0.2, 0) is 0 Å². The molecule has 1 fully saturated rings. The lowest BCUT2D eigenvalue weighted by Crippen LogP contribution is -2.13. The molecule has 2 aromatic rings. The summed E-state index contributed by atoms with van der Waals surface area (Å²) in [5, 5.41) is 0. The molecule has 1 aliphatic rings. The lowest BCUT2D eigenvalue weighted by Gasteiger charge is -2.30. The molecule has 1 saturated carbocycles. The Morgan fingerprint density at radius 3 is 1.87 bits per heavy atom. The minimum absolute atomic E-state index is 0.690. The van der Waals surface area contributed by atoms with Crippen molar-refractivity contribution in [2.24, 2.45) is 0 Å². The average molecular weight is 310 g/mol. The highest BCUT2D eigenvalue weighted by atomic mass is 16.5. The third-order valence-corrected chi connectivity index (χ3v) is 5.23. The number of methoxy groups -OCH3 is 2. The van der Waals surface area contributed by atoms with E-state index >= 15 is 0 Å². The van der Waals surface area contributed by atoms with Gasteiger partial charge in [-0.15, -0.1) is 0 Å². The van der Waals surface area contributed by atoms with Crippen LogP contribution in [0.15, 0.2) is 42.5 Å². The Morgan fingerprint density at radius 1 is 0.739 bits per heavy atom. The average Bonchev–Trinajstić information content (AvgIpc) is 2.62. The summed E-state index contributed by atoms with van der Waals surface area (Å²) in [7, 11) is 3.45. The van der Waals surface area contributed by atoms with E-state index in [1.807, 2.05) is 0 Å². The van der Waals surface area contributed by atoms with Gasteiger partial charge in [-0.1, -0.05) is 18.2 Å². The summed E-state index contributed by atoms with van der Waals surface area (Å²) in [5.41, 5.74) is 4.31. The molecule has 0 aliphatic heterocycles. The Labute approximate surface area is 139 Å². The molecule has 0 heterocycles. The van der Waals surface area contributed by atoms with Crippen LogP contribution in [0.5, 0.6) is 11.5 Å². The molecule has 2 aromatic carbocycles. The molecule has 0 spiro atoms. The molecule has 0 saturated heterocycles. The molecule has 0 aromatic heterocycles. The van der Waals surface area contributed by atoms with E-state index in [1.165, 1.54) is 42.4 Å². The molecule has 0 radical (unpaired) electrons. The monoisotopic (exact) mass is 310 g/mol. The topological polar surface area (TPSA) is 18.5 Å². The molecule has 122 valence electrons. The lowest BCUT2D eigenvalue weighted by atomic mass is 9.75. The van der Waals surface area contributed by atoms with Crippen LogP contribution in [0.4, 0.5) is 0 Å². The molecular formula is C21H26O2. The maximum absolute atomic E-state index is 5.32. The van der Waals surface area contributed by atoms with E-state index in [9.17, 15) is 0 Å². The minimum atomic E-state index is 0.690. The van der Waals surface area contributed by atoms with E-state index in [-0.39, 0.29) is 0 Å². The maximum Gasteiger partial charge on any atom is 0.119 e. The predicted molar refractivity (Wildman–Crippen MR) is 94.7 cm³/mol. The first-order chi connectivity index (χ1) is 11.2. The smallest absolute Gasteiger partial charge is 0.119 e. The number of hydrogen-bond donors (Lipinski definition) is 0. The van der Waals surface area contributed by atoms with Gasteiger partial charge in [-0.3, -0.25) is 0 Å². The Bertz CT molecular complexity index is 637. The highest BCUT2D eigenvalue weighted by Crippen LogP contribution is 2.41. The first-order valence-electron chi connectivity index (χ1n) is 8.49. The molecular weight excluding hydrogens is 284 g/mol. The van der Waals surface area contributed by atoms with Crippen molar-refractivity contribution >= 4 is 0 Å². The van der Waals surface area contributed by atoms with Gasteiger partial charge in [0.15, 0.2) is 0 Å². The third kappa shape index (κ3) is 3.52. The van der Waals surface area contributed by atoms with Crippen LogP contribution in [0.25, 0.3) is 0 Å². The number of hydrogen-bond acceptors (Lipinski definition) is 2. The fraction of sp³-hybridized carbons (Fsp3) is 0.429. The van der Waals surface area contributed by atoms with Crippen LogP contribution in [0, 0.1) is 6.92 Å². The maximum atomic E-state index is 5.32. The molecule has 2 nitrogen and oxygen atoms in total. The van der Waals surface area contributed by atoms with E-state index in [2.05, 4.69) is 49.4 Å². The van der Waals surface area contributed by atoms with Gasteiger partial charge in [0.2, 0.25) is 0 Å². The fourth-order valence-electron chi connectivity index (χ4n) is 3.85. The number of aryl methyl sites for hydroxylation is 1. The van der Waals surface area contributed by atoms with Crippen molar-refractivity contribution in [2.75, 3.05) is 14.2 Å². The largest absolute Gasteiger partial charge is 0.497 e. The molecule has 0 amide bonds. The first-order valence-corrected chi connectivity index (χ1v) is 8.49. The van der Waals surface area contributed by atoms with Gasteiger partial charge in [-0.2, -0.15) is 0 Å². The SMILES string of the molecule is COc1ccc(C2CCC(c3ccc(OC)cc3C)CC2)cc1. The first kappa shape index (κ1) is 15.9. The van der Waals surface area contributed by atoms with E-state index in [4.69, 9.17) is 9.47 Å². The van der Waals surface area contributed by atoms with Gasteiger partial charge < -0.3 is 9.47 Å². The van der Waals surface area contributed by atoms with Gasteiger partial charge in [-0.05, 0) is 85.4 Å². The van der Waals surface area contributed by atoms with Crippen molar-refractivity contribution in [1.82, 2.24) is 0 Å². The Kier molecular flexibility index (Phi) is 4.90. The van der Waals surface area contributed by atoms with E-state index in [0.717, 1.165) is 11.5 Å². The summed E-state index contributed by atoms with van der Waals surface area (Å²) in [6, 6.07) is 15.1. The number of benzene rings is 2. The van der Waals surface area contributed by atoms with E-state index in [0.29, 0.717) is 11.8 Å². The second-order valence-electron chi connectivity index (χ2n) is 6.54. The molecule has 0 bridgehead atoms. The van der Waals surface area contributed by atoms with E-state index in [1.54, 1.807) is 14.2 Å². The molecule has 1 aliphatic carbocycles. The predicted octanol–water partition coefficient (Wildman–Crippen LogP) is 5.45. The normalized spacial score (nSPS) is 21.0. The fourth-order valence-corrected chi connectivity index (χ4v) is 3.85. The lowest BCUT2D eigenvalue weighted by molar-refractivity contribution is 0.392. The Balaban J connectivity index is 1.65. The number of rotatable bonds is 4. The van der Waals surface area contributed by atoms with Gasteiger partial charge in [0.1, 0.15) is 11.5 Å². The van der Waals surface area contributed by atoms with Gasteiger partial charge in [0, 0.05) is 0 Å². The molecule has 0 unspecified atom stereocenters. The summed E-state index contributed by atoms with van der Waals surface area (Å²) in [6.45, 7) is 2.20. The van der Waals surface area contributed by atoms with Crippen LogP contribution in [0.2, 0.25) is 0 Å². The van der Waals surface area contributed by atoms with Gasteiger partial charge in [0.25, 0.3) is 0 Å². The second-order valence-corrected chi connectivity index (χ2v) is 6.54. The van der Waals surface area contributed by atoms with Gasteiger partial charge in [-0.25, -0.2) is 0 Å². The minimum Gasteiger partial charge on any atom is -0.497 e. The van der Waals surface area contributed by atoms with E-state index < -0.39 is 0 Å². The standard InChI is InChI=1S/C21H26O2/c1-15-14-20(23-3)12-13-21(15)18-6-4-16(5-7-18)17-8-10-19(22-2)11-9-17/h8-14,16,18H,4-7H2,1-3H3. The van der Waals surface area contributed by atoms with Crippen LogP contribution >= 0.6 is 0 Å². The van der Waals surface area contributed by atoms with Crippen molar-refractivity contribution in [3.8, 4) is 11.5 Å². The zero-order chi connectivity index (χ0) is 16.2. The van der Waals surface area contributed by atoms with Crippen molar-refractivity contribution in [1.29, 1.82) is 0 Å². The molecule has 23 heavy (non-hydrogen) atoms. The Hall–Kier alpha value is -1.96. The summed E-state index contributed by atoms with van der Waals surface area (Å²) in [5.74, 6) is 3.28. The second kappa shape index (κ2) is 7.08. The highest BCUT2D eigenvalue weighted by molar-refractivity contribution is 5.37. The van der Waals surface area contributed by atoms with Crippen molar-refractivity contribution in [2.45, 2.75) is 44.4 Å². The highest BCUT2D eigenvalue weighted by Gasteiger charge is 2.24. The molecule has 3 rings (SSSR count). The van der Waals surface area contributed by atoms with Gasteiger partial charge in [0.05, 0.1) is 14.2 Å². The van der Waals surface area contributed by atoms with Crippen molar-refractivity contribution in [3.63, 3.8) is 0 Å². The number of ether oxygens (including phenoxy) is 2. The van der Waals surface area contributed by atoms with Gasteiger partial charge >= 0.3 is 0 Å². The Morgan fingerprint density at radius 2 is 1.30 bits per heavy atom. The summed E-state index contributed by atoms with van der Waals surface area (Å²) in [6.07, 6.45) is 5.07. The summed E-state index contributed by atoms with van der Waals surface area (Å²) >= 11 is 0.